The second-order valence-corrected chi connectivity index (χ2v) is 5.26. The van der Waals surface area contributed by atoms with Crippen molar-refractivity contribution in [1.82, 2.24) is 10.3 Å². The van der Waals surface area contributed by atoms with Crippen molar-refractivity contribution in [3.63, 3.8) is 0 Å². The minimum absolute atomic E-state index is 0.0722. The Morgan fingerprint density at radius 3 is 2.88 bits per heavy atom. The maximum atomic E-state index is 11.8. The molecule has 17 heavy (non-hydrogen) atoms. The van der Waals surface area contributed by atoms with E-state index in [1.165, 1.54) is 0 Å². The molecule has 0 radical (unpaired) electrons. The number of alkyl halides is 1. The number of carbonyl (C=O) groups is 1. The second-order valence-electron chi connectivity index (χ2n) is 4.88. The van der Waals surface area contributed by atoms with Crippen molar-refractivity contribution in [2.45, 2.75) is 26.7 Å². The van der Waals surface area contributed by atoms with E-state index in [0.717, 1.165) is 12.8 Å². The molecule has 4 heteroatoms. The van der Waals surface area contributed by atoms with Gasteiger partial charge in [0.2, 0.25) is 0 Å². The van der Waals surface area contributed by atoms with Crippen LogP contribution in [0.1, 0.15) is 37.0 Å². The van der Waals surface area contributed by atoms with Crippen molar-refractivity contribution in [3.8, 4) is 0 Å². The summed E-state index contributed by atoms with van der Waals surface area (Å²) in [5, 5.41) is 2.93. The van der Waals surface area contributed by atoms with Crippen LogP contribution in [0.5, 0.6) is 0 Å². The van der Waals surface area contributed by atoms with E-state index in [9.17, 15) is 4.79 Å². The topological polar surface area (TPSA) is 42.0 Å². The largest absolute Gasteiger partial charge is 0.351 e. The van der Waals surface area contributed by atoms with E-state index in [2.05, 4.69) is 24.1 Å². The number of carbonyl (C=O) groups excluding carboxylic acids is 1. The predicted molar refractivity (Wildman–Crippen MR) is 70.3 cm³/mol. The Morgan fingerprint density at radius 2 is 2.29 bits per heavy atom. The van der Waals surface area contributed by atoms with Crippen LogP contribution in [0.3, 0.4) is 0 Å². The van der Waals surface area contributed by atoms with Crippen LogP contribution in [0.4, 0.5) is 0 Å². The van der Waals surface area contributed by atoms with Gasteiger partial charge in [-0.2, -0.15) is 0 Å². The number of amides is 1. The number of halogens is 1. The molecular formula is C13H19ClN2O. The summed E-state index contributed by atoms with van der Waals surface area (Å²) in [5.41, 5.74) is 0.674. The van der Waals surface area contributed by atoms with Gasteiger partial charge in [-0.05, 0) is 30.4 Å². The van der Waals surface area contributed by atoms with E-state index in [-0.39, 0.29) is 11.3 Å². The molecule has 0 aliphatic carbocycles. The van der Waals surface area contributed by atoms with Gasteiger partial charge in [0.1, 0.15) is 0 Å². The minimum Gasteiger partial charge on any atom is -0.351 e. The molecule has 0 saturated carbocycles. The van der Waals surface area contributed by atoms with E-state index in [1.54, 1.807) is 24.5 Å². The van der Waals surface area contributed by atoms with E-state index < -0.39 is 0 Å². The van der Waals surface area contributed by atoms with Crippen LogP contribution in [0.2, 0.25) is 0 Å². The van der Waals surface area contributed by atoms with Crippen LogP contribution in [0.25, 0.3) is 0 Å². The molecule has 3 nitrogen and oxygen atoms in total. The summed E-state index contributed by atoms with van der Waals surface area (Å²) in [4.78, 5) is 15.7. The third-order valence-corrected chi connectivity index (χ3v) is 2.91. The number of aromatic nitrogens is 1. The maximum absolute atomic E-state index is 11.8. The zero-order chi connectivity index (χ0) is 12.7. The first-order chi connectivity index (χ1) is 8.05. The van der Waals surface area contributed by atoms with E-state index >= 15 is 0 Å². The van der Waals surface area contributed by atoms with Gasteiger partial charge in [0.25, 0.3) is 5.91 Å². The van der Waals surface area contributed by atoms with Crippen LogP contribution in [-0.2, 0) is 0 Å². The van der Waals surface area contributed by atoms with E-state index in [4.69, 9.17) is 11.6 Å². The molecule has 94 valence electrons. The van der Waals surface area contributed by atoms with Crippen molar-refractivity contribution in [3.05, 3.63) is 30.1 Å². The second kappa shape index (κ2) is 6.60. The zero-order valence-electron chi connectivity index (χ0n) is 10.4. The molecule has 1 aromatic rings. The molecule has 0 bridgehead atoms. The fraction of sp³-hybridized carbons (Fsp3) is 0.538. The van der Waals surface area contributed by atoms with Gasteiger partial charge in [-0.15, -0.1) is 11.6 Å². The molecule has 1 N–H and O–H groups in total. The van der Waals surface area contributed by atoms with Gasteiger partial charge in [0, 0.05) is 24.8 Å². The molecule has 1 rings (SSSR count). The summed E-state index contributed by atoms with van der Waals surface area (Å²) in [7, 11) is 0. The van der Waals surface area contributed by atoms with Crippen LogP contribution < -0.4 is 5.32 Å². The highest BCUT2D eigenvalue weighted by Crippen LogP contribution is 2.21. The molecule has 1 heterocycles. The Bertz CT molecular complexity index is 352. The van der Waals surface area contributed by atoms with Gasteiger partial charge in [-0.25, -0.2) is 0 Å². The highest BCUT2D eigenvalue weighted by molar-refractivity contribution is 6.17. The van der Waals surface area contributed by atoms with Crippen LogP contribution in [-0.4, -0.2) is 23.3 Å². The normalized spacial score (nSPS) is 11.2. The lowest BCUT2D eigenvalue weighted by Crippen LogP contribution is -2.34. The molecule has 0 spiro atoms. The number of hydrogen-bond acceptors (Lipinski definition) is 2. The van der Waals surface area contributed by atoms with Gasteiger partial charge in [-0.1, -0.05) is 13.8 Å². The molecule has 0 fully saturated rings. The lowest BCUT2D eigenvalue weighted by Gasteiger charge is -2.24. The Kier molecular flexibility index (Phi) is 5.42. The standard InChI is InChI=1S/C13H19ClN2O/c1-13(2,6-4-7-14)10-16-12(17)11-5-3-8-15-9-11/h3,5,8-9H,4,6-7,10H2,1-2H3,(H,16,17). The average molecular weight is 255 g/mol. The summed E-state index contributed by atoms with van der Waals surface area (Å²) in [5.74, 6) is 0.594. The fourth-order valence-corrected chi connectivity index (χ4v) is 1.69. The highest BCUT2D eigenvalue weighted by atomic mass is 35.5. The van der Waals surface area contributed by atoms with Gasteiger partial charge in [-0.3, -0.25) is 9.78 Å². The molecule has 0 aliphatic heterocycles. The lowest BCUT2D eigenvalue weighted by molar-refractivity contribution is 0.0934. The van der Waals surface area contributed by atoms with Crippen LogP contribution >= 0.6 is 11.6 Å². The Morgan fingerprint density at radius 1 is 1.53 bits per heavy atom. The molecule has 0 unspecified atom stereocenters. The Hall–Kier alpha value is -1.09. The lowest BCUT2D eigenvalue weighted by atomic mass is 9.88. The summed E-state index contributed by atoms with van der Waals surface area (Å²) in [6, 6.07) is 3.52. The number of pyridine rings is 1. The van der Waals surface area contributed by atoms with Gasteiger partial charge in [0.05, 0.1) is 5.56 Å². The smallest absolute Gasteiger partial charge is 0.252 e. The van der Waals surface area contributed by atoms with Crippen molar-refractivity contribution in [2.75, 3.05) is 12.4 Å². The number of rotatable bonds is 6. The monoisotopic (exact) mass is 254 g/mol. The Labute approximate surface area is 108 Å². The summed E-state index contributed by atoms with van der Waals surface area (Å²) < 4.78 is 0. The SMILES string of the molecule is CC(C)(CCCCl)CNC(=O)c1cccnc1. The highest BCUT2D eigenvalue weighted by Gasteiger charge is 2.18. The third kappa shape index (κ3) is 5.18. The fourth-order valence-electron chi connectivity index (χ4n) is 1.55. The van der Waals surface area contributed by atoms with Gasteiger partial charge in [0.15, 0.2) is 0 Å². The molecule has 0 atom stereocenters. The quantitative estimate of drug-likeness (QED) is 0.794. The minimum atomic E-state index is -0.0722. The van der Waals surface area contributed by atoms with Gasteiger partial charge >= 0.3 is 0 Å². The molecule has 0 saturated heterocycles. The molecule has 1 amide bonds. The van der Waals surface area contributed by atoms with Crippen molar-refractivity contribution < 1.29 is 4.79 Å². The number of nitrogens with one attached hydrogen (secondary N) is 1. The van der Waals surface area contributed by atoms with E-state index in [1.807, 2.05) is 0 Å². The first kappa shape index (κ1) is 14.0. The first-order valence-electron chi connectivity index (χ1n) is 5.79. The third-order valence-electron chi connectivity index (χ3n) is 2.64. The van der Waals surface area contributed by atoms with Crippen molar-refractivity contribution >= 4 is 17.5 Å². The van der Waals surface area contributed by atoms with Crippen molar-refractivity contribution in [2.24, 2.45) is 5.41 Å². The van der Waals surface area contributed by atoms with E-state index in [0.29, 0.717) is 18.0 Å². The maximum Gasteiger partial charge on any atom is 0.252 e. The summed E-state index contributed by atoms with van der Waals surface area (Å²) in [6.45, 7) is 4.91. The summed E-state index contributed by atoms with van der Waals surface area (Å²) >= 11 is 5.67. The first-order valence-corrected chi connectivity index (χ1v) is 6.33. The predicted octanol–water partition coefficient (Wildman–Crippen LogP) is 2.86. The van der Waals surface area contributed by atoms with Gasteiger partial charge < -0.3 is 5.32 Å². The molecular weight excluding hydrogens is 236 g/mol. The molecule has 0 aromatic carbocycles. The number of hydrogen-bond donors (Lipinski definition) is 1. The summed E-state index contributed by atoms with van der Waals surface area (Å²) in [6.07, 6.45) is 5.20. The molecule has 1 aromatic heterocycles. The van der Waals surface area contributed by atoms with Crippen molar-refractivity contribution in [1.29, 1.82) is 0 Å². The number of nitrogens with zero attached hydrogens (tertiary/aromatic N) is 1. The Balaban J connectivity index is 2.43. The zero-order valence-corrected chi connectivity index (χ0v) is 11.1. The van der Waals surface area contributed by atoms with Crippen LogP contribution in [0.15, 0.2) is 24.5 Å². The van der Waals surface area contributed by atoms with Crippen LogP contribution in [0, 0.1) is 5.41 Å². The average Bonchev–Trinajstić information content (AvgIpc) is 2.35. The molecule has 0 aliphatic rings.